The summed E-state index contributed by atoms with van der Waals surface area (Å²) in [5.41, 5.74) is 1.15. The number of carbonyl (C=O) groups excluding carboxylic acids is 2. The fourth-order valence-corrected chi connectivity index (χ4v) is 2.47. The molecule has 2 aromatic carbocycles. The molecule has 1 atom stereocenters. The van der Waals surface area contributed by atoms with Crippen LogP contribution in [0.15, 0.2) is 48.5 Å². The summed E-state index contributed by atoms with van der Waals surface area (Å²) in [6, 6.07) is 12.8. The summed E-state index contributed by atoms with van der Waals surface area (Å²) in [6.07, 6.45) is 0. The predicted molar refractivity (Wildman–Crippen MR) is 71.2 cm³/mol. The lowest BCUT2D eigenvalue weighted by Crippen LogP contribution is -2.12. The van der Waals surface area contributed by atoms with E-state index in [2.05, 4.69) is 0 Å². The fraction of sp³-hybridized carbons (Fsp3) is 0.0625. The summed E-state index contributed by atoms with van der Waals surface area (Å²) < 4.78 is 0. The van der Waals surface area contributed by atoms with Crippen LogP contribution in [0.4, 0.5) is 0 Å². The zero-order chi connectivity index (χ0) is 14.3. The number of hydrogen-bond donors (Lipinski definition) is 1. The first kappa shape index (κ1) is 12.3. The van der Waals surface area contributed by atoms with Gasteiger partial charge in [0.05, 0.1) is 5.56 Å². The molecule has 4 heteroatoms. The molecule has 0 saturated heterocycles. The van der Waals surface area contributed by atoms with Crippen molar-refractivity contribution in [2.75, 3.05) is 0 Å². The van der Waals surface area contributed by atoms with Crippen LogP contribution < -0.4 is 0 Å². The Balaban J connectivity index is 2.11. The molecule has 0 heterocycles. The van der Waals surface area contributed by atoms with Crippen LogP contribution in [-0.2, 0) is 0 Å². The molecule has 3 rings (SSSR count). The monoisotopic (exact) mass is 266 g/mol. The van der Waals surface area contributed by atoms with Gasteiger partial charge in [-0.25, -0.2) is 4.79 Å². The van der Waals surface area contributed by atoms with Crippen LogP contribution in [0.1, 0.15) is 42.6 Å². The first-order chi connectivity index (χ1) is 9.59. The molecule has 0 bridgehead atoms. The zero-order valence-corrected chi connectivity index (χ0v) is 10.4. The molecule has 0 aromatic heterocycles. The van der Waals surface area contributed by atoms with E-state index in [1.807, 2.05) is 6.07 Å². The first-order valence-electron chi connectivity index (χ1n) is 6.10. The largest absolute Gasteiger partial charge is 0.478 e. The number of carboxylic acid groups (broad SMARTS) is 1. The summed E-state index contributed by atoms with van der Waals surface area (Å²) in [6.45, 7) is 0. The second kappa shape index (κ2) is 4.42. The van der Waals surface area contributed by atoms with Gasteiger partial charge in [-0.15, -0.1) is 0 Å². The minimum Gasteiger partial charge on any atom is -0.478 e. The van der Waals surface area contributed by atoms with E-state index in [0.717, 1.165) is 0 Å². The number of carboxylic acids is 1. The van der Waals surface area contributed by atoms with Crippen molar-refractivity contribution in [2.45, 2.75) is 5.92 Å². The van der Waals surface area contributed by atoms with Crippen LogP contribution in [0.5, 0.6) is 0 Å². The smallest absolute Gasteiger partial charge is 0.335 e. The van der Waals surface area contributed by atoms with Crippen LogP contribution in [0.25, 0.3) is 0 Å². The number of Topliss-reactive ketones (excluding diaryl/α,β-unsaturated/α-hetero) is 2. The molecular formula is C16H10O4. The van der Waals surface area contributed by atoms with Crippen molar-refractivity contribution in [1.82, 2.24) is 0 Å². The highest BCUT2D eigenvalue weighted by Crippen LogP contribution is 2.34. The second-order valence-electron chi connectivity index (χ2n) is 4.64. The van der Waals surface area contributed by atoms with Gasteiger partial charge >= 0.3 is 5.97 Å². The van der Waals surface area contributed by atoms with E-state index < -0.39 is 11.9 Å². The Bertz CT molecular complexity index is 731. The molecule has 0 fully saturated rings. The molecule has 1 aliphatic carbocycles. The third-order valence-corrected chi connectivity index (χ3v) is 3.45. The molecule has 0 aliphatic heterocycles. The van der Waals surface area contributed by atoms with Gasteiger partial charge in [0.25, 0.3) is 0 Å². The maximum absolute atomic E-state index is 12.4. The second-order valence-corrected chi connectivity index (χ2v) is 4.64. The van der Waals surface area contributed by atoms with Gasteiger partial charge in [0, 0.05) is 11.1 Å². The summed E-state index contributed by atoms with van der Waals surface area (Å²) in [5.74, 6) is -2.57. The Morgan fingerprint density at radius 2 is 1.55 bits per heavy atom. The highest BCUT2D eigenvalue weighted by Gasteiger charge is 2.39. The molecule has 0 amide bonds. The average molecular weight is 266 g/mol. The minimum absolute atomic E-state index is 0.0126. The average Bonchev–Trinajstić information content (AvgIpc) is 2.71. The lowest BCUT2D eigenvalue weighted by Gasteiger charge is -2.06. The normalized spacial score (nSPS) is 17.1. The molecule has 1 aliphatic rings. The van der Waals surface area contributed by atoms with Gasteiger partial charge in [0.2, 0.25) is 0 Å². The Labute approximate surface area is 114 Å². The van der Waals surface area contributed by atoms with E-state index in [9.17, 15) is 14.4 Å². The Kier molecular flexibility index (Phi) is 2.71. The number of carbonyl (C=O) groups is 3. The van der Waals surface area contributed by atoms with Crippen LogP contribution in [0.2, 0.25) is 0 Å². The van der Waals surface area contributed by atoms with Gasteiger partial charge in [0.1, 0.15) is 5.92 Å². The maximum atomic E-state index is 12.4. The Hall–Kier alpha value is -2.75. The van der Waals surface area contributed by atoms with E-state index in [-0.39, 0.29) is 22.7 Å². The van der Waals surface area contributed by atoms with Gasteiger partial charge in [0.15, 0.2) is 11.6 Å². The molecule has 0 spiro atoms. The third-order valence-electron chi connectivity index (χ3n) is 3.45. The van der Waals surface area contributed by atoms with Crippen molar-refractivity contribution >= 4 is 17.5 Å². The standard InChI is InChI=1S/C16H10O4/c17-14-11-7-6-10(16(19)20)8-12(11)15(18)13(14)9-4-2-1-3-5-9/h1-8,13H,(H,19,20)/t13-/m1/s1. The van der Waals surface area contributed by atoms with E-state index in [1.54, 1.807) is 24.3 Å². The maximum Gasteiger partial charge on any atom is 0.335 e. The van der Waals surface area contributed by atoms with Crippen molar-refractivity contribution in [3.8, 4) is 0 Å². The van der Waals surface area contributed by atoms with Gasteiger partial charge in [-0.05, 0) is 23.8 Å². The topological polar surface area (TPSA) is 71.4 Å². The van der Waals surface area contributed by atoms with Crippen LogP contribution >= 0.6 is 0 Å². The molecule has 0 saturated carbocycles. The molecule has 98 valence electrons. The van der Waals surface area contributed by atoms with Crippen LogP contribution in [0, 0.1) is 0 Å². The zero-order valence-electron chi connectivity index (χ0n) is 10.4. The van der Waals surface area contributed by atoms with Crippen molar-refractivity contribution in [2.24, 2.45) is 0 Å². The Morgan fingerprint density at radius 3 is 2.20 bits per heavy atom. The molecule has 1 N–H and O–H groups in total. The van der Waals surface area contributed by atoms with Crippen molar-refractivity contribution in [3.05, 3.63) is 70.8 Å². The molecule has 0 unspecified atom stereocenters. The van der Waals surface area contributed by atoms with Gasteiger partial charge in [-0.1, -0.05) is 30.3 Å². The van der Waals surface area contributed by atoms with Crippen molar-refractivity contribution in [3.63, 3.8) is 0 Å². The third kappa shape index (κ3) is 1.73. The number of aromatic carboxylic acids is 1. The molecule has 0 radical (unpaired) electrons. The van der Waals surface area contributed by atoms with Gasteiger partial charge in [-0.3, -0.25) is 9.59 Å². The number of ketones is 2. The fourth-order valence-electron chi connectivity index (χ4n) is 2.47. The predicted octanol–water partition coefficient (Wildman–Crippen LogP) is 2.55. The van der Waals surface area contributed by atoms with Crippen molar-refractivity contribution in [1.29, 1.82) is 0 Å². The lowest BCUT2D eigenvalue weighted by atomic mass is 9.94. The molecular weight excluding hydrogens is 256 g/mol. The molecule has 2 aromatic rings. The van der Waals surface area contributed by atoms with Crippen molar-refractivity contribution < 1.29 is 19.5 Å². The first-order valence-corrected chi connectivity index (χ1v) is 6.10. The quantitative estimate of drug-likeness (QED) is 0.848. The summed E-state index contributed by atoms with van der Waals surface area (Å²) in [5, 5.41) is 8.95. The highest BCUT2D eigenvalue weighted by molar-refractivity contribution is 6.30. The minimum atomic E-state index is -1.11. The van der Waals surface area contributed by atoms with E-state index in [1.165, 1.54) is 18.2 Å². The lowest BCUT2D eigenvalue weighted by molar-refractivity contribution is 0.0696. The highest BCUT2D eigenvalue weighted by atomic mass is 16.4. The molecule has 20 heavy (non-hydrogen) atoms. The Morgan fingerprint density at radius 1 is 0.900 bits per heavy atom. The SMILES string of the molecule is O=C(O)c1ccc2c(c1)C(=O)[C@H](c1ccccc1)C2=O. The van der Waals surface area contributed by atoms with E-state index in [0.29, 0.717) is 11.1 Å². The summed E-state index contributed by atoms with van der Waals surface area (Å²) in [7, 11) is 0. The summed E-state index contributed by atoms with van der Waals surface area (Å²) in [4.78, 5) is 35.6. The van der Waals surface area contributed by atoms with Gasteiger partial charge in [-0.2, -0.15) is 0 Å². The number of rotatable bonds is 2. The van der Waals surface area contributed by atoms with E-state index >= 15 is 0 Å². The molecule has 4 nitrogen and oxygen atoms in total. The number of benzene rings is 2. The van der Waals surface area contributed by atoms with Crippen LogP contribution in [-0.4, -0.2) is 22.6 Å². The van der Waals surface area contributed by atoms with Gasteiger partial charge < -0.3 is 5.11 Å². The number of hydrogen-bond acceptors (Lipinski definition) is 3. The number of fused-ring (bicyclic) bond motifs is 1. The summed E-state index contributed by atoms with van der Waals surface area (Å²) >= 11 is 0. The van der Waals surface area contributed by atoms with E-state index in [4.69, 9.17) is 5.11 Å². The van der Waals surface area contributed by atoms with Crippen LogP contribution in [0.3, 0.4) is 0 Å².